The van der Waals surface area contributed by atoms with Crippen molar-refractivity contribution >= 4 is 20.2 Å². The molecule has 1 nitrogen and oxygen atoms in total. The third-order valence-corrected chi connectivity index (χ3v) is 1.17. The van der Waals surface area contributed by atoms with Crippen LogP contribution in [0.1, 0.15) is 0 Å². The van der Waals surface area contributed by atoms with Crippen molar-refractivity contribution < 1.29 is 4.43 Å². The van der Waals surface area contributed by atoms with Gasteiger partial charge in [0.1, 0.15) is 0 Å². The number of hydrogen-bond donors (Lipinski definition) is 0. The summed E-state index contributed by atoms with van der Waals surface area (Å²) in [6.07, 6.45) is 1.69. The van der Waals surface area contributed by atoms with Gasteiger partial charge in [0.15, 0.2) is 0 Å². The van der Waals surface area contributed by atoms with Crippen LogP contribution in [0.3, 0.4) is 0 Å². The molecule has 0 N–H and O–H groups in total. The lowest BCUT2D eigenvalue weighted by atomic mass is 10.7. The van der Waals surface area contributed by atoms with Crippen LogP contribution in [-0.2, 0) is 4.43 Å². The van der Waals surface area contributed by atoms with Crippen molar-refractivity contribution in [1.29, 1.82) is 0 Å². The van der Waals surface area contributed by atoms with E-state index in [1.54, 1.807) is 6.08 Å². The van der Waals surface area contributed by atoms with Gasteiger partial charge < -0.3 is 4.43 Å². The Morgan fingerprint density at radius 3 is 2.83 bits per heavy atom. The normalized spacial score (nSPS) is 10.2. The maximum absolute atomic E-state index is 5.25. The molecule has 0 amide bonds. The van der Waals surface area contributed by atoms with E-state index in [4.69, 9.17) is 15.5 Å². The Morgan fingerprint density at radius 2 is 2.67 bits per heavy atom. The van der Waals surface area contributed by atoms with Crippen molar-refractivity contribution in [3.8, 4) is 0 Å². The van der Waals surface area contributed by atoms with Crippen LogP contribution in [-0.4, -0.2) is 15.7 Å². The second-order valence-corrected chi connectivity index (χ2v) is 2.05. The van der Waals surface area contributed by atoms with Crippen molar-refractivity contribution in [3.05, 3.63) is 12.7 Å². The summed E-state index contributed by atoms with van der Waals surface area (Å²) in [4.78, 5) is 0. The third kappa shape index (κ3) is 4.21. The molecule has 0 saturated heterocycles. The van der Waals surface area contributed by atoms with E-state index in [2.05, 4.69) is 6.58 Å². The summed E-state index contributed by atoms with van der Waals surface area (Å²) in [5.74, 6) is 0. The molecule has 0 saturated carbocycles. The van der Waals surface area contributed by atoms with Crippen LogP contribution in [0.5, 0.6) is 0 Å². The highest BCUT2D eigenvalue weighted by Crippen LogP contribution is 1.72. The van der Waals surface area contributed by atoms with Crippen LogP contribution in [0, 0.1) is 0 Å². The van der Waals surface area contributed by atoms with Crippen molar-refractivity contribution in [2.24, 2.45) is 0 Å². The molecule has 3 heteroatoms. The van der Waals surface area contributed by atoms with Crippen LogP contribution >= 0.6 is 11.1 Å². The first-order valence-electron chi connectivity index (χ1n) is 1.66. The fraction of sp³-hybridized carbons (Fsp3) is 0.333. The zero-order valence-corrected chi connectivity index (χ0v) is 5.66. The molecule has 0 aromatic carbocycles. The fourth-order valence-corrected chi connectivity index (χ4v) is 0.651. The Balaban J connectivity index is 2.49. The van der Waals surface area contributed by atoms with Crippen LogP contribution in [0.2, 0.25) is 0 Å². The Bertz CT molecular complexity index is 39.8. The first-order chi connectivity index (χ1) is 2.91. The summed E-state index contributed by atoms with van der Waals surface area (Å²) in [5, 5.41) is 0. The predicted molar refractivity (Wildman–Crippen MR) is 30.5 cm³/mol. The molecule has 0 heterocycles. The molecule has 0 rings (SSSR count). The average molecular weight is 123 g/mol. The fourth-order valence-electron chi connectivity index (χ4n) is 0.128. The topological polar surface area (TPSA) is 9.23 Å². The lowest BCUT2D eigenvalue weighted by molar-refractivity contribution is 0.397. The van der Waals surface area contributed by atoms with E-state index < -0.39 is 9.07 Å². The van der Waals surface area contributed by atoms with Crippen molar-refractivity contribution in [2.75, 3.05) is 6.61 Å². The van der Waals surface area contributed by atoms with Crippen LogP contribution in [0.25, 0.3) is 0 Å². The molecule has 6 heavy (non-hydrogen) atoms. The van der Waals surface area contributed by atoms with E-state index in [0.717, 1.165) is 0 Å². The molecule has 0 aliphatic carbocycles. The first kappa shape index (κ1) is 6.21. The Morgan fingerprint density at radius 1 is 2.00 bits per heavy atom. The van der Waals surface area contributed by atoms with Gasteiger partial charge in [0, 0.05) is 0 Å². The molecule has 0 atom stereocenters. The molecule has 0 aliphatic heterocycles. The Labute approximate surface area is 44.6 Å². The molecule has 0 aromatic heterocycles. The van der Waals surface area contributed by atoms with Crippen LogP contribution in [0.15, 0.2) is 12.7 Å². The molecule has 0 radical (unpaired) electrons. The summed E-state index contributed by atoms with van der Waals surface area (Å²) in [7, 11) is -0.696. The standard InChI is InChI=1S/C3H7ClOSi/c1-2-3-5-6-4/h2H,1,3,6H2. The molecule has 0 bridgehead atoms. The van der Waals surface area contributed by atoms with Gasteiger partial charge in [-0.25, -0.2) is 0 Å². The third-order valence-electron chi connectivity index (χ3n) is 0.313. The number of hydrogen-bond acceptors (Lipinski definition) is 1. The lowest BCUT2D eigenvalue weighted by Crippen LogP contribution is -1.87. The second kappa shape index (κ2) is 5.21. The van der Waals surface area contributed by atoms with E-state index in [-0.39, 0.29) is 0 Å². The van der Waals surface area contributed by atoms with Gasteiger partial charge in [-0.3, -0.25) is 0 Å². The largest absolute Gasteiger partial charge is 0.404 e. The number of halogens is 1. The second-order valence-electron chi connectivity index (χ2n) is 0.769. The Hall–Kier alpha value is 0.207. The van der Waals surface area contributed by atoms with E-state index in [0.29, 0.717) is 6.61 Å². The summed E-state index contributed by atoms with van der Waals surface area (Å²) in [6, 6.07) is 0. The van der Waals surface area contributed by atoms with Crippen LogP contribution < -0.4 is 0 Å². The highest BCUT2D eigenvalue weighted by atomic mass is 35.6. The smallest absolute Gasteiger partial charge is 0.258 e. The monoisotopic (exact) mass is 122 g/mol. The Kier molecular flexibility index (Phi) is 5.39. The van der Waals surface area contributed by atoms with Gasteiger partial charge >= 0.3 is 0 Å². The SMILES string of the molecule is C=CCO[SiH2]Cl. The van der Waals surface area contributed by atoms with Gasteiger partial charge in [-0.15, -0.1) is 17.7 Å². The molecular formula is C3H7ClOSi. The minimum Gasteiger partial charge on any atom is -0.404 e. The van der Waals surface area contributed by atoms with Gasteiger partial charge in [0.2, 0.25) is 0 Å². The van der Waals surface area contributed by atoms with E-state index in [1.165, 1.54) is 0 Å². The quantitative estimate of drug-likeness (QED) is 0.228. The maximum atomic E-state index is 5.25. The zero-order chi connectivity index (χ0) is 4.83. The summed E-state index contributed by atoms with van der Waals surface area (Å²) < 4.78 is 4.77. The molecule has 0 aromatic rings. The van der Waals surface area contributed by atoms with Gasteiger partial charge in [-0.05, 0) is 0 Å². The van der Waals surface area contributed by atoms with Crippen molar-refractivity contribution in [2.45, 2.75) is 0 Å². The first-order valence-corrected chi connectivity index (χ1v) is 4.38. The molecule has 0 aliphatic rings. The minimum absolute atomic E-state index is 0.607. The average Bonchev–Trinajstić information content (AvgIpc) is 1.61. The van der Waals surface area contributed by atoms with Gasteiger partial charge in [0.25, 0.3) is 9.07 Å². The molecule has 0 unspecified atom stereocenters. The van der Waals surface area contributed by atoms with E-state index >= 15 is 0 Å². The number of rotatable bonds is 3. The summed E-state index contributed by atoms with van der Waals surface area (Å²) in [6.45, 7) is 4.04. The summed E-state index contributed by atoms with van der Waals surface area (Å²) in [5.41, 5.74) is 0. The molecule has 0 spiro atoms. The summed E-state index contributed by atoms with van der Waals surface area (Å²) >= 11 is 5.25. The maximum Gasteiger partial charge on any atom is 0.258 e. The van der Waals surface area contributed by atoms with Gasteiger partial charge in [-0.1, -0.05) is 6.08 Å². The highest BCUT2D eigenvalue weighted by molar-refractivity contribution is 6.89. The highest BCUT2D eigenvalue weighted by Gasteiger charge is 1.71. The molecular weight excluding hydrogens is 116 g/mol. The lowest BCUT2D eigenvalue weighted by Gasteiger charge is -1.86. The zero-order valence-electron chi connectivity index (χ0n) is 3.48. The van der Waals surface area contributed by atoms with Gasteiger partial charge in [-0.2, -0.15) is 0 Å². The van der Waals surface area contributed by atoms with Crippen molar-refractivity contribution in [3.63, 3.8) is 0 Å². The molecule has 36 valence electrons. The van der Waals surface area contributed by atoms with Crippen LogP contribution in [0.4, 0.5) is 0 Å². The molecule has 0 fully saturated rings. The van der Waals surface area contributed by atoms with E-state index in [1.807, 2.05) is 0 Å². The predicted octanol–water partition coefficient (Wildman–Crippen LogP) is 0.427. The van der Waals surface area contributed by atoms with Gasteiger partial charge in [0.05, 0.1) is 6.61 Å². The minimum atomic E-state index is -0.696. The van der Waals surface area contributed by atoms with E-state index in [9.17, 15) is 0 Å². The van der Waals surface area contributed by atoms with Crippen molar-refractivity contribution in [1.82, 2.24) is 0 Å².